The Morgan fingerprint density at radius 2 is 1.90 bits per heavy atom. The van der Waals surface area contributed by atoms with Crippen LogP contribution in [0.1, 0.15) is 10.4 Å². The average molecular weight is 334 g/mol. The van der Waals surface area contributed by atoms with Crippen molar-refractivity contribution in [3.63, 3.8) is 0 Å². The predicted octanol–water partition coefficient (Wildman–Crippen LogP) is 3.35. The van der Waals surface area contributed by atoms with E-state index in [2.05, 4.69) is 21.2 Å². The van der Waals surface area contributed by atoms with Gasteiger partial charge in [0.05, 0.1) is 10.0 Å². The maximum atomic E-state index is 12.3. The van der Waals surface area contributed by atoms with E-state index in [0.29, 0.717) is 15.7 Å². The summed E-state index contributed by atoms with van der Waals surface area (Å²) in [5.74, 6) is -0.194. The molecule has 0 aliphatic carbocycles. The number of nitrogens with one attached hydrogen (secondary N) is 1. The van der Waals surface area contributed by atoms with Crippen LogP contribution in [0.4, 0.5) is 17.1 Å². The second-order valence-corrected chi connectivity index (χ2v) is 5.40. The van der Waals surface area contributed by atoms with E-state index in [4.69, 9.17) is 5.73 Å². The van der Waals surface area contributed by atoms with Crippen molar-refractivity contribution >= 4 is 38.9 Å². The largest absolute Gasteiger partial charge is 0.398 e. The summed E-state index contributed by atoms with van der Waals surface area (Å²) in [5, 5.41) is 2.87. The fourth-order valence-electron chi connectivity index (χ4n) is 1.79. The number of anilines is 3. The molecule has 0 fully saturated rings. The van der Waals surface area contributed by atoms with Gasteiger partial charge in [-0.15, -0.1) is 0 Å². The topological polar surface area (TPSA) is 58.4 Å². The van der Waals surface area contributed by atoms with E-state index in [1.807, 2.05) is 43.3 Å². The van der Waals surface area contributed by atoms with Crippen molar-refractivity contribution in [1.29, 1.82) is 0 Å². The first-order valence-electron chi connectivity index (χ1n) is 6.12. The molecule has 0 heterocycles. The van der Waals surface area contributed by atoms with Crippen molar-refractivity contribution in [3.8, 4) is 0 Å². The van der Waals surface area contributed by atoms with Crippen LogP contribution in [0.25, 0.3) is 0 Å². The minimum absolute atomic E-state index is 0.194. The molecule has 104 valence electrons. The van der Waals surface area contributed by atoms with Gasteiger partial charge in [0.2, 0.25) is 0 Å². The molecule has 0 unspecified atom stereocenters. The molecule has 0 aliphatic rings. The summed E-state index contributed by atoms with van der Waals surface area (Å²) in [4.78, 5) is 14.2. The van der Waals surface area contributed by atoms with Gasteiger partial charge in [-0.1, -0.05) is 12.1 Å². The number of carbonyl (C=O) groups is 1. The Bertz CT molecular complexity index is 641. The first kappa shape index (κ1) is 14.4. The minimum atomic E-state index is -0.194. The fourth-order valence-corrected chi connectivity index (χ4v) is 2.23. The Balaban J connectivity index is 2.24. The molecule has 2 rings (SSSR count). The van der Waals surface area contributed by atoms with E-state index in [-0.39, 0.29) is 5.91 Å². The highest BCUT2D eigenvalue weighted by Crippen LogP contribution is 2.25. The smallest absolute Gasteiger partial charge is 0.256 e. The minimum Gasteiger partial charge on any atom is -0.398 e. The second kappa shape index (κ2) is 5.96. The van der Waals surface area contributed by atoms with Crippen molar-refractivity contribution in [3.05, 3.63) is 52.5 Å². The van der Waals surface area contributed by atoms with Crippen LogP contribution in [0.5, 0.6) is 0 Å². The number of benzene rings is 2. The van der Waals surface area contributed by atoms with Crippen LogP contribution in [0.3, 0.4) is 0 Å². The Morgan fingerprint density at radius 3 is 2.60 bits per heavy atom. The molecule has 5 heteroatoms. The summed E-state index contributed by atoms with van der Waals surface area (Å²) in [6.45, 7) is 0. The molecule has 0 aliphatic heterocycles. The third-order valence-corrected chi connectivity index (χ3v) is 3.78. The van der Waals surface area contributed by atoms with Crippen LogP contribution in [0.15, 0.2) is 46.9 Å². The molecule has 0 spiro atoms. The van der Waals surface area contributed by atoms with Gasteiger partial charge in [-0.25, -0.2) is 0 Å². The highest BCUT2D eigenvalue weighted by molar-refractivity contribution is 9.10. The van der Waals surface area contributed by atoms with Gasteiger partial charge >= 0.3 is 0 Å². The zero-order chi connectivity index (χ0) is 14.7. The Labute approximate surface area is 126 Å². The van der Waals surface area contributed by atoms with Crippen LogP contribution in [-0.4, -0.2) is 20.0 Å². The van der Waals surface area contributed by atoms with E-state index in [1.165, 1.54) is 0 Å². The fraction of sp³-hybridized carbons (Fsp3) is 0.133. The number of nitrogen functional groups attached to an aromatic ring is 1. The van der Waals surface area contributed by atoms with E-state index >= 15 is 0 Å². The van der Waals surface area contributed by atoms with Gasteiger partial charge in [-0.05, 0) is 46.3 Å². The maximum absolute atomic E-state index is 12.3. The normalized spacial score (nSPS) is 10.2. The third-order valence-electron chi connectivity index (χ3n) is 2.89. The third kappa shape index (κ3) is 3.11. The molecule has 0 radical (unpaired) electrons. The molecule has 0 atom stereocenters. The molecule has 1 amide bonds. The lowest BCUT2D eigenvalue weighted by molar-refractivity contribution is 0.102. The Hall–Kier alpha value is -2.01. The van der Waals surface area contributed by atoms with Gasteiger partial charge in [0, 0.05) is 31.2 Å². The average Bonchev–Trinajstić information content (AvgIpc) is 2.42. The monoisotopic (exact) mass is 333 g/mol. The molecule has 0 saturated heterocycles. The van der Waals surface area contributed by atoms with Crippen LogP contribution in [-0.2, 0) is 0 Å². The lowest BCUT2D eigenvalue weighted by Gasteiger charge is -2.14. The summed E-state index contributed by atoms with van der Waals surface area (Å²) < 4.78 is 0.612. The highest BCUT2D eigenvalue weighted by atomic mass is 79.9. The number of hydrogen-bond acceptors (Lipinski definition) is 3. The summed E-state index contributed by atoms with van der Waals surface area (Å²) in [6.07, 6.45) is 0. The van der Waals surface area contributed by atoms with E-state index in [9.17, 15) is 4.79 Å². The van der Waals surface area contributed by atoms with Crippen LogP contribution in [0, 0.1) is 0 Å². The van der Waals surface area contributed by atoms with E-state index in [1.54, 1.807) is 18.2 Å². The quantitative estimate of drug-likeness (QED) is 0.847. The van der Waals surface area contributed by atoms with E-state index in [0.717, 1.165) is 11.4 Å². The number of hydrogen-bond donors (Lipinski definition) is 2. The molecular weight excluding hydrogens is 318 g/mol. The van der Waals surface area contributed by atoms with Crippen LogP contribution < -0.4 is 16.0 Å². The highest BCUT2D eigenvalue weighted by Gasteiger charge is 2.12. The molecule has 4 nitrogen and oxygen atoms in total. The number of nitrogens with zero attached hydrogens (tertiary/aromatic N) is 1. The predicted molar refractivity (Wildman–Crippen MR) is 87.3 cm³/mol. The van der Waals surface area contributed by atoms with Crippen molar-refractivity contribution < 1.29 is 4.79 Å². The SMILES string of the molecule is CN(C)c1cccc(NC(=O)c2cccc(N)c2Br)c1. The van der Waals surface area contributed by atoms with Gasteiger partial charge in [0.1, 0.15) is 0 Å². The maximum Gasteiger partial charge on any atom is 0.256 e. The molecule has 2 aromatic rings. The number of halogens is 1. The van der Waals surface area contributed by atoms with Gasteiger partial charge in [0.15, 0.2) is 0 Å². The van der Waals surface area contributed by atoms with Gasteiger partial charge in [-0.3, -0.25) is 4.79 Å². The number of rotatable bonds is 3. The van der Waals surface area contributed by atoms with Crippen molar-refractivity contribution in [2.45, 2.75) is 0 Å². The molecule has 0 saturated carbocycles. The van der Waals surface area contributed by atoms with Crippen molar-refractivity contribution in [2.24, 2.45) is 0 Å². The first-order valence-corrected chi connectivity index (χ1v) is 6.91. The van der Waals surface area contributed by atoms with Crippen molar-refractivity contribution in [2.75, 3.05) is 30.0 Å². The summed E-state index contributed by atoms with van der Waals surface area (Å²) in [5.41, 5.74) is 8.61. The van der Waals surface area contributed by atoms with E-state index < -0.39 is 0 Å². The lowest BCUT2D eigenvalue weighted by Crippen LogP contribution is -2.14. The number of carbonyl (C=O) groups excluding carboxylic acids is 1. The molecule has 0 bridgehead atoms. The summed E-state index contributed by atoms with van der Waals surface area (Å²) in [7, 11) is 3.91. The summed E-state index contributed by atoms with van der Waals surface area (Å²) in [6, 6.07) is 12.9. The number of amides is 1. The molecule has 20 heavy (non-hydrogen) atoms. The van der Waals surface area contributed by atoms with Gasteiger partial charge < -0.3 is 16.0 Å². The number of nitrogens with two attached hydrogens (primary N) is 1. The van der Waals surface area contributed by atoms with Gasteiger partial charge in [0.25, 0.3) is 5.91 Å². The van der Waals surface area contributed by atoms with Crippen LogP contribution >= 0.6 is 15.9 Å². The molecule has 2 aromatic carbocycles. The second-order valence-electron chi connectivity index (χ2n) is 4.61. The Morgan fingerprint density at radius 1 is 1.20 bits per heavy atom. The van der Waals surface area contributed by atoms with Gasteiger partial charge in [-0.2, -0.15) is 0 Å². The van der Waals surface area contributed by atoms with Crippen molar-refractivity contribution in [1.82, 2.24) is 0 Å². The lowest BCUT2D eigenvalue weighted by atomic mass is 10.2. The molecule has 0 aromatic heterocycles. The Kier molecular flexibility index (Phi) is 4.29. The first-order chi connectivity index (χ1) is 9.49. The summed E-state index contributed by atoms with van der Waals surface area (Å²) >= 11 is 3.34. The zero-order valence-electron chi connectivity index (χ0n) is 11.4. The standard InChI is InChI=1S/C15H16BrN3O/c1-19(2)11-6-3-5-10(9-11)18-15(20)12-7-4-8-13(17)14(12)16/h3-9H,17H2,1-2H3,(H,18,20). The van der Waals surface area contributed by atoms with Crippen LogP contribution in [0.2, 0.25) is 0 Å². The zero-order valence-corrected chi connectivity index (χ0v) is 12.9. The molecule has 3 N–H and O–H groups in total. The molecular formula is C15H16BrN3O.